The van der Waals surface area contributed by atoms with Crippen molar-refractivity contribution in [2.24, 2.45) is 0 Å². The topological polar surface area (TPSA) is 83.5 Å². The van der Waals surface area contributed by atoms with Gasteiger partial charge in [-0.3, -0.25) is 4.79 Å². The summed E-state index contributed by atoms with van der Waals surface area (Å²) >= 11 is 1.35. The molecule has 5 nitrogen and oxygen atoms in total. The second-order valence-electron chi connectivity index (χ2n) is 5.23. The number of hydrogen-bond acceptors (Lipinski definition) is 5. The molecule has 1 aliphatic rings. The minimum absolute atomic E-state index is 0.00954. The van der Waals surface area contributed by atoms with E-state index in [2.05, 4.69) is 5.32 Å². The van der Waals surface area contributed by atoms with Gasteiger partial charge in [-0.2, -0.15) is 0 Å². The molecule has 1 unspecified atom stereocenters. The molecular formula is C13H17NO4S2. The highest BCUT2D eigenvalue weighted by atomic mass is 32.2. The summed E-state index contributed by atoms with van der Waals surface area (Å²) in [5, 5.41) is 12.0. The van der Waals surface area contributed by atoms with Gasteiger partial charge >= 0.3 is 0 Å². The highest BCUT2D eigenvalue weighted by molar-refractivity contribution is 8.00. The van der Waals surface area contributed by atoms with Gasteiger partial charge in [-0.1, -0.05) is 0 Å². The number of carbonyl (C=O) groups excluding carboxylic acids is 1. The molecule has 1 heterocycles. The largest absolute Gasteiger partial charge is 0.508 e. The van der Waals surface area contributed by atoms with E-state index < -0.39 is 15.4 Å². The quantitative estimate of drug-likeness (QED) is 0.815. The van der Waals surface area contributed by atoms with Gasteiger partial charge in [0.1, 0.15) is 5.75 Å². The maximum Gasteiger partial charge on any atom is 0.230 e. The lowest BCUT2D eigenvalue weighted by atomic mass is 10.0. The molecule has 110 valence electrons. The summed E-state index contributed by atoms with van der Waals surface area (Å²) in [7, 11) is -3.02. The molecule has 2 N–H and O–H groups in total. The number of phenols is 1. The second kappa shape index (κ2) is 5.65. The summed E-state index contributed by atoms with van der Waals surface area (Å²) in [6, 6.07) is 6.58. The molecule has 0 bridgehead atoms. The number of carbonyl (C=O) groups is 1. The number of hydrogen-bond donors (Lipinski definition) is 2. The van der Waals surface area contributed by atoms with Crippen molar-refractivity contribution in [2.75, 3.05) is 17.3 Å². The van der Waals surface area contributed by atoms with Crippen LogP contribution in [0, 0.1) is 0 Å². The molecule has 0 radical (unpaired) electrons. The molecule has 2 rings (SSSR count). The Balaban J connectivity index is 1.85. The molecule has 0 spiro atoms. The Morgan fingerprint density at radius 3 is 2.60 bits per heavy atom. The highest BCUT2D eigenvalue weighted by Crippen LogP contribution is 2.24. The summed E-state index contributed by atoms with van der Waals surface area (Å²) in [6.45, 7) is 1.76. The fourth-order valence-corrected chi connectivity index (χ4v) is 4.96. The molecular weight excluding hydrogens is 298 g/mol. The molecule has 20 heavy (non-hydrogen) atoms. The number of thioether (sulfide) groups is 1. The number of amides is 1. The van der Waals surface area contributed by atoms with E-state index in [9.17, 15) is 13.2 Å². The number of sulfone groups is 1. The van der Waals surface area contributed by atoms with Gasteiger partial charge in [0.15, 0.2) is 9.84 Å². The van der Waals surface area contributed by atoms with Crippen molar-refractivity contribution in [1.29, 1.82) is 0 Å². The molecule has 0 aliphatic carbocycles. The van der Waals surface area contributed by atoms with Crippen LogP contribution in [0.1, 0.15) is 13.3 Å². The molecule has 0 aromatic heterocycles. The van der Waals surface area contributed by atoms with Gasteiger partial charge in [0.2, 0.25) is 5.91 Å². The summed E-state index contributed by atoms with van der Waals surface area (Å²) in [5.74, 6) is 0.371. The summed E-state index contributed by atoms with van der Waals surface area (Å²) < 4.78 is 22.9. The van der Waals surface area contributed by atoms with Crippen molar-refractivity contribution in [3.63, 3.8) is 0 Å². The van der Waals surface area contributed by atoms with Crippen molar-refractivity contribution < 1.29 is 18.3 Å². The van der Waals surface area contributed by atoms with E-state index in [0.29, 0.717) is 6.42 Å². The third-order valence-electron chi connectivity index (χ3n) is 3.15. The fraction of sp³-hybridized carbons (Fsp3) is 0.462. The van der Waals surface area contributed by atoms with Gasteiger partial charge in [-0.15, -0.1) is 11.8 Å². The van der Waals surface area contributed by atoms with Gasteiger partial charge in [0.25, 0.3) is 0 Å². The van der Waals surface area contributed by atoms with Crippen LogP contribution in [0.4, 0.5) is 0 Å². The Labute approximate surface area is 122 Å². The van der Waals surface area contributed by atoms with Crippen molar-refractivity contribution in [2.45, 2.75) is 23.8 Å². The molecule has 1 aromatic carbocycles. The monoisotopic (exact) mass is 315 g/mol. The van der Waals surface area contributed by atoms with Crippen molar-refractivity contribution in [3.8, 4) is 5.75 Å². The Morgan fingerprint density at radius 2 is 2.05 bits per heavy atom. The lowest BCUT2D eigenvalue weighted by Crippen LogP contribution is -2.47. The van der Waals surface area contributed by atoms with Crippen LogP contribution in [-0.4, -0.2) is 42.2 Å². The van der Waals surface area contributed by atoms with Gasteiger partial charge in [0, 0.05) is 4.90 Å². The molecule has 1 fully saturated rings. The number of rotatable bonds is 4. The van der Waals surface area contributed by atoms with Crippen molar-refractivity contribution in [3.05, 3.63) is 24.3 Å². The van der Waals surface area contributed by atoms with Crippen LogP contribution in [-0.2, 0) is 14.6 Å². The van der Waals surface area contributed by atoms with Crippen LogP contribution in [0.5, 0.6) is 5.75 Å². The Hall–Kier alpha value is -1.21. The Morgan fingerprint density at radius 1 is 1.40 bits per heavy atom. The van der Waals surface area contributed by atoms with Crippen LogP contribution < -0.4 is 5.32 Å². The molecule has 1 aromatic rings. The van der Waals surface area contributed by atoms with Gasteiger partial charge in [-0.25, -0.2) is 8.42 Å². The van der Waals surface area contributed by atoms with Crippen LogP contribution in [0.3, 0.4) is 0 Å². The van der Waals surface area contributed by atoms with E-state index in [-0.39, 0.29) is 28.9 Å². The molecule has 7 heteroatoms. The van der Waals surface area contributed by atoms with Crippen LogP contribution in [0.15, 0.2) is 29.2 Å². The van der Waals surface area contributed by atoms with E-state index >= 15 is 0 Å². The Bertz CT molecular complexity index is 597. The van der Waals surface area contributed by atoms with Crippen molar-refractivity contribution in [1.82, 2.24) is 5.32 Å². The van der Waals surface area contributed by atoms with Crippen LogP contribution in [0.2, 0.25) is 0 Å². The third-order valence-corrected chi connectivity index (χ3v) is 6.07. The third kappa shape index (κ3) is 4.14. The lowest BCUT2D eigenvalue weighted by molar-refractivity contribution is -0.120. The number of aromatic hydroxyl groups is 1. The Kier molecular flexibility index (Phi) is 4.29. The first kappa shape index (κ1) is 15.2. The molecule has 0 saturated carbocycles. The zero-order chi connectivity index (χ0) is 14.8. The lowest BCUT2D eigenvalue weighted by Gasteiger charge is -2.23. The van der Waals surface area contributed by atoms with Gasteiger partial charge < -0.3 is 10.4 Å². The van der Waals surface area contributed by atoms with Gasteiger partial charge in [0.05, 0.1) is 22.8 Å². The van der Waals surface area contributed by atoms with E-state index in [4.69, 9.17) is 5.11 Å². The van der Waals surface area contributed by atoms with E-state index in [0.717, 1.165) is 4.90 Å². The minimum atomic E-state index is -3.02. The maximum atomic E-state index is 11.9. The van der Waals surface area contributed by atoms with Gasteiger partial charge in [-0.05, 0) is 37.6 Å². The number of phenolic OH excluding ortho intramolecular Hbond substituents is 1. The first-order chi connectivity index (χ1) is 9.28. The van der Waals surface area contributed by atoms with E-state index in [1.54, 1.807) is 31.2 Å². The van der Waals surface area contributed by atoms with E-state index in [1.165, 1.54) is 11.8 Å². The average molecular weight is 315 g/mol. The first-order valence-corrected chi connectivity index (χ1v) is 9.02. The fourth-order valence-electron chi connectivity index (χ4n) is 2.17. The normalized spacial score (nSPS) is 24.4. The molecule has 1 atom stereocenters. The highest BCUT2D eigenvalue weighted by Gasteiger charge is 2.39. The predicted molar refractivity (Wildman–Crippen MR) is 78.6 cm³/mol. The first-order valence-electron chi connectivity index (χ1n) is 6.21. The predicted octanol–water partition coefficient (Wildman–Crippen LogP) is 1.18. The zero-order valence-electron chi connectivity index (χ0n) is 11.1. The van der Waals surface area contributed by atoms with Crippen molar-refractivity contribution >= 4 is 27.5 Å². The summed E-state index contributed by atoms with van der Waals surface area (Å²) in [5.41, 5.74) is -0.647. The minimum Gasteiger partial charge on any atom is -0.508 e. The zero-order valence-corrected chi connectivity index (χ0v) is 12.8. The molecule has 1 amide bonds. The van der Waals surface area contributed by atoms with E-state index in [1.807, 2.05) is 0 Å². The smallest absolute Gasteiger partial charge is 0.230 e. The number of nitrogens with one attached hydrogen (secondary N) is 1. The summed E-state index contributed by atoms with van der Waals surface area (Å²) in [4.78, 5) is 12.8. The maximum absolute atomic E-state index is 11.9. The average Bonchev–Trinajstić information content (AvgIpc) is 2.62. The molecule has 1 aliphatic heterocycles. The second-order valence-corrected chi connectivity index (χ2v) is 8.47. The molecule has 1 saturated heterocycles. The van der Waals surface area contributed by atoms with Crippen LogP contribution >= 0.6 is 11.8 Å². The standard InChI is InChI=1S/C13H17NO4S2/c1-13(6-7-20(17,18)9-13)14-12(16)8-19-11-4-2-10(15)3-5-11/h2-5,15H,6-9H2,1H3,(H,14,16). The number of benzene rings is 1. The summed E-state index contributed by atoms with van der Waals surface area (Å²) in [6.07, 6.45) is 0.463. The SMILES string of the molecule is CC1(NC(=O)CSc2ccc(O)cc2)CCS(=O)(=O)C1. The van der Waals surface area contributed by atoms with Crippen LogP contribution in [0.25, 0.3) is 0 Å².